The van der Waals surface area contributed by atoms with Crippen LogP contribution < -0.4 is 5.32 Å². The maximum Gasteiger partial charge on any atom is 0.260 e. The number of hydrogen-bond acceptors (Lipinski definition) is 3. The van der Waals surface area contributed by atoms with Crippen LogP contribution in [-0.4, -0.2) is 16.5 Å². The van der Waals surface area contributed by atoms with Crippen LogP contribution in [0.5, 0.6) is 0 Å². The van der Waals surface area contributed by atoms with Crippen LogP contribution in [0.2, 0.25) is 10.0 Å². The maximum absolute atomic E-state index is 11.9. The van der Waals surface area contributed by atoms with E-state index >= 15 is 0 Å². The Bertz CT molecular complexity index is 549. The first-order valence-electron chi connectivity index (χ1n) is 4.76. The molecular weight excluding hydrogens is 279 g/mol. The summed E-state index contributed by atoms with van der Waals surface area (Å²) in [6, 6.07) is 4.98. The highest BCUT2D eigenvalue weighted by Gasteiger charge is 2.15. The molecule has 2 rings (SSSR count). The fourth-order valence-electron chi connectivity index (χ4n) is 1.31. The Morgan fingerprint density at radius 1 is 1.33 bits per heavy atom. The smallest absolute Gasteiger partial charge is 0.260 e. The molecule has 3 N–H and O–H groups in total. The van der Waals surface area contributed by atoms with Crippen LogP contribution in [0.15, 0.2) is 28.9 Å². The number of para-hydroxylation sites is 1. The molecule has 1 amide bonds. The average Bonchev–Trinajstić information content (AvgIpc) is 2.70. The molecule has 0 aliphatic heterocycles. The van der Waals surface area contributed by atoms with Crippen molar-refractivity contribution in [2.45, 2.75) is 6.92 Å². The molecule has 0 aliphatic carbocycles. The van der Waals surface area contributed by atoms with Gasteiger partial charge in [-0.3, -0.25) is 4.79 Å². The van der Waals surface area contributed by atoms with E-state index in [4.69, 9.17) is 27.7 Å². The van der Waals surface area contributed by atoms with E-state index < -0.39 is 0 Å². The summed E-state index contributed by atoms with van der Waals surface area (Å²) in [6.45, 7) is 1.65. The Balaban J connectivity index is 0.00000162. The van der Waals surface area contributed by atoms with E-state index in [9.17, 15) is 4.79 Å². The molecule has 0 radical (unpaired) electrons. The van der Waals surface area contributed by atoms with Gasteiger partial charge < -0.3 is 15.3 Å². The van der Waals surface area contributed by atoms with Crippen LogP contribution in [-0.2, 0) is 0 Å². The van der Waals surface area contributed by atoms with Crippen molar-refractivity contribution in [2.24, 2.45) is 0 Å². The largest absolute Gasteiger partial charge is 0.412 e. The molecule has 1 aromatic carbocycles. The summed E-state index contributed by atoms with van der Waals surface area (Å²) in [5.74, 6) is 0.0735. The molecule has 0 saturated heterocycles. The topological polar surface area (TPSA) is 86.6 Å². The van der Waals surface area contributed by atoms with E-state index in [1.165, 1.54) is 6.20 Å². The summed E-state index contributed by atoms with van der Waals surface area (Å²) < 4.78 is 4.81. The van der Waals surface area contributed by atoms with E-state index in [1.54, 1.807) is 25.1 Å². The van der Waals surface area contributed by atoms with Crippen LogP contribution in [0.1, 0.15) is 16.1 Å². The molecule has 18 heavy (non-hydrogen) atoms. The van der Waals surface area contributed by atoms with Crippen molar-refractivity contribution in [1.29, 1.82) is 0 Å². The molecular formula is C11H10Cl2N2O3. The zero-order valence-electron chi connectivity index (χ0n) is 9.33. The number of rotatable bonds is 2. The molecule has 0 unspecified atom stereocenters. The molecule has 0 fully saturated rings. The molecule has 0 atom stereocenters. The number of benzene rings is 1. The lowest BCUT2D eigenvalue weighted by Crippen LogP contribution is -2.12. The number of nitrogens with zero attached hydrogens (tertiary/aromatic N) is 1. The predicted octanol–water partition coefficient (Wildman–Crippen LogP) is 2.72. The van der Waals surface area contributed by atoms with Gasteiger partial charge in [0.05, 0.1) is 21.9 Å². The van der Waals surface area contributed by atoms with Gasteiger partial charge in [-0.25, -0.2) is 0 Å². The van der Waals surface area contributed by atoms with Crippen LogP contribution in [0.4, 0.5) is 5.69 Å². The summed E-state index contributed by atoms with van der Waals surface area (Å²) >= 11 is 11.9. The second-order valence-corrected chi connectivity index (χ2v) is 4.16. The van der Waals surface area contributed by atoms with Crippen molar-refractivity contribution >= 4 is 34.8 Å². The molecule has 5 nitrogen and oxygen atoms in total. The van der Waals surface area contributed by atoms with Gasteiger partial charge in [0.15, 0.2) is 0 Å². The summed E-state index contributed by atoms with van der Waals surface area (Å²) in [5.41, 5.74) is 0.724. The quantitative estimate of drug-likeness (QED) is 0.922. The van der Waals surface area contributed by atoms with Gasteiger partial charge in [0, 0.05) is 0 Å². The molecule has 96 valence electrons. The predicted molar refractivity (Wildman–Crippen MR) is 69.3 cm³/mol. The second kappa shape index (κ2) is 5.86. The third-order valence-electron chi connectivity index (χ3n) is 2.20. The van der Waals surface area contributed by atoms with Gasteiger partial charge in [-0.2, -0.15) is 0 Å². The number of carbonyl (C=O) groups excluding carboxylic acids is 1. The molecule has 0 spiro atoms. The maximum atomic E-state index is 11.9. The number of aromatic nitrogens is 1. The first kappa shape index (κ1) is 14.5. The standard InChI is InChI=1S/C11H8Cl2N2O2.H2O/c1-6-7(5-14-17-6)11(16)15-10-8(12)3-2-4-9(10)13;/h2-5H,1H3,(H,15,16);1H2. The van der Waals surface area contributed by atoms with Gasteiger partial charge in [0.25, 0.3) is 5.91 Å². The van der Waals surface area contributed by atoms with Crippen LogP contribution in [0.3, 0.4) is 0 Å². The highest BCUT2D eigenvalue weighted by atomic mass is 35.5. The number of halogens is 2. The third-order valence-corrected chi connectivity index (χ3v) is 2.83. The highest BCUT2D eigenvalue weighted by Crippen LogP contribution is 2.30. The molecule has 0 saturated carbocycles. The van der Waals surface area contributed by atoms with Crippen LogP contribution >= 0.6 is 23.2 Å². The summed E-state index contributed by atoms with van der Waals surface area (Å²) in [7, 11) is 0. The van der Waals surface area contributed by atoms with E-state index in [0.29, 0.717) is 27.1 Å². The van der Waals surface area contributed by atoms with Gasteiger partial charge >= 0.3 is 0 Å². The van der Waals surface area contributed by atoms with Crippen LogP contribution in [0, 0.1) is 6.92 Å². The van der Waals surface area contributed by atoms with E-state index in [1.807, 2.05) is 0 Å². The first-order valence-corrected chi connectivity index (χ1v) is 5.52. The third kappa shape index (κ3) is 2.81. The van der Waals surface area contributed by atoms with Crippen LogP contribution in [0.25, 0.3) is 0 Å². The van der Waals surface area contributed by atoms with Crippen molar-refractivity contribution in [3.8, 4) is 0 Å². The van der Waals surface area contributed by atoms with Crippen molar-refractivity contribution in [2.75, 3.05) is 5.32 Å². The zero-order valence-corrected chi connectivity index (χ0v) is 10.8. The molecule has 1 aromatic heterocycles. The Kier molecular flexibility index (Phi) is 4.72. The van der Waals surface area contributed by atoms with E-state index in [0.717, 1.165) is 0 Å². The number of aryl methyl sites for hydroxylation is 1. The highest BCUT2D eigenvalue weighted by molar-refractivity contribution is 6.40. The molecule has 1 heterocycles. The Morgan fingerprint density at radius 2 is 1.94 bits per heavy atom. The fraction of sp³-hybridized carbons (Fsp3) is 0.0909. The van der Waals surface area contributed by atoms with Crippen molar-refractivity contribution in [3.63, 3.8) is 0 Å². The number of nitrogens with one attached hydrogen (secondary N) is 1. The number of amides is 1. The number of anilines is 1. The van der Waals surface area contributed by atoms with Crippen molar-refractivity contribution in [1.82, 2.24) is 5.16 Å². The lowest BCUT2D eigenvalue weighted by Gasteiger charge is -2.07. The normalized spacial score (nSPS) is 9.72. The minimum atomic E-state index is -0.362. The first-order chi connectivity index (χ1) is 8.09. The summed E-state index contributed by atoms with van der Waals surface area (Å²) in [5, 5.41) is 6.90. The van der Waals surface area contributed by atoms with E-state index in [2.05, 4.69) is 10.5 Å². The van der Waals surface area contributed by atoms with Gasteiger partial charge in [0.2, 0.25) is 0 Å². The average molecular weight is 289 g/mol. The minimum absolute atomic E-state index is 0. The fourth-order valence-corrected chi connectivity index (χ4v) is 1.81. The van der Waals surface area contributed by atoms with E-state index in [-0.39, 0.29) is 11.4 Å². The Labute approximate surface area is 113 Å². The molecule has 0 bridgehead atoms. The number of hydrogen-bond donors (Lipinski definition) is 1. The monoisotopic (exact) mass is 288 g/mol. The molecule has 2 aromatic rings. The summed E-state index contributed by atoms with van der Waals surface area (Å²) in [4.78, 5) is 11.9. The second-order valence-electron chi connectivity index (χ2n) is 3.35. The molecule has 7 heteroatoms. The lowest BCUT2D eigenvalue weighted by molar-refractivity contribution is 0.102. The van der Waals surface area contributed by atoms with Gasteiger partial charge in [-0.15, -0.1) is 0 Å². The minimum Gasteiger partial charge on any atom is -0.412 e. The Morgan fingerprint density at radius 3 is 2.44 bits per heavy atom. The summed E-state index contributed by atoms with van der Waals surface area (Å²) in [6.07, 6.45) is 1.34. The Hall–Kier alpha value is -1.56. The molecule has 0 aliphatic rings. The lowest BCUT2D eigenvalue weighted by atomic mass is 10.2. The van der Waals surface area contributed by atoms with Gasteiger partial charge in [0.1, 0.15) is 11.3 Å². The van der Waals surface area contributed by atoms with Crippen molar-refractivity contribution < 1.29 is 14.8 Å². The van der Waals surface area contributed by atoms with Gasteiger partial charge in [-0.1, -0.05) is 34.4 Å². The van der Waals surface area contributed by atoms with Gasteiger partial charge in [-0.05, 0) is 19.1 Å². The SMILES string of the molecule is Cc1oncc1C(=O)Nc1c(Cl)cccc1Cl.O. The zero-order chi connectivity index (χ0) is 12.4. The van der Waals surface area contributed by atoms with Crippen molar-refractivity contribution in [3.05, 3.63) is 45.8 Å². The number of carbonyl (C=O) groups is 1.